The highest BCUT2D eigenvalue weighted by Gasteiger charge is 2.10. The van der Waals surface area contributed by atoms with Crippen LogP contribution in [0.5, 0.6) is 0 Å². The van der Waals surface area contributed by atoms with Gasteiger partial charge >= 0.3 is 0 Å². The Hall–Kier alpha value is -0.730. The van der Waals surface area contributed by atoms with E-state index in [1.54, 1.807) is 11.8 Å². The molecule has 0 saturated heterocycles. The molecule has 0 fully saturated rings. The fourth-order valence-corrected chi connectivity index (χ4v) is 2.59. The van der Waals surface area contributed by atoms with Crippen molar-refractivity contribution in [3.8, 4) is 10.0 Å². The normalized spacial score (nSPS) is 10.5. The average molecular weight is 231 g/mol. The van der Waals surface area contributed by atoms with Crippen molar-refractivity contribution >= 4 is 39.6 Å². The Labute approximate surface area is 86.4 Å². The van der Waals surface area contributed by atoms with E-state index >= 15 is 0 Å². The van der Waals surface area contributed by atoms with Crippen LogP contribution < -0.4 is 5.73 Å². The first-order valence-corrected chi connectivity index (χ1v) is 6.12. The summed E-state index contributed by atoms with van der Waals surface area (Å²) in [5.74, 6) is 0. The second-order valence-electron chi connectivity index (χ2n) is 2.02. The molecule has 68 valence electrons. The molecule has 13 heavy (non-hydrogen) atoms. The van der Waals surface area contributed by atoms with E-state index in [4.69, 9.17) is 5.73 Å². The third-order valence-corrected chi connectivity index (χ3v) is 4.00. The van der Waals surface area contributed by atoms with E-state index in [0.717, 1.165) is 14.4 Å². The van der Waals surface area contributed by atoms with Crippen molar-refractivity contribution in [2.75, 3.05) is 12.0 Å². The molecule has 0 aromatic carbocycles. The zero-order valence-electron chi connectivity index (χ0n) is 6.59. The highest BCUT2D eigenvalue weighted by atomic mass is 32.2. The van der Waals surface area contributed by atoms with E-state index in [1.165, 1.54) is 22.7 Å². The molecular weight excluding hydrogens is 226 g/mol. The molecule has 0 bridgehead atoms. The lowest BCUT2D eigenvalue weighted by molar-refractivity contribution is 1.01. The molecule has 0 aliphatic carbocycles. The molecule has 2 heterocycles. The van der Waals surface area contributed by atoms with Crippen LogP contribution in [0, 0.1) is 0 Å². The summed E-state index contributed by atoms with van der Waals surface area (Å²) in [6, 6.07) is 0. The van der Waals surface area contributed by atoms with Gasteiger partial charge in [-0.15, -0.1) is 20.4 Å². The molecule has 0 aliphatic rings. The van der Waals surface area contributed by atoms with Gasteiger partial charge in [-0.25, -0.2) is 0 Å². The van der Waals surface area contributed by atoms with Crippen LogP contribution in [0.3, 0.4) is 0 Å². The van der Waals surface area contributed by atoms with E-state index in [1.807, 2.05) is 6.26 Å². The molecule has 0 aliphatic heterocycles. The molecule has 8 heteroatoms. The molecule has 0 unspecified atom stereocenters. The van der Waals surface area contributed by atoms with E-state index < -0.39 is 0 Å². The lowest BCUT2D eigenvalue weighted by atomic mass is 10.8. The van der Waals surface area contributed by atoms with Crippen molar-refractivity contribution < 1.29 is 0 Å². The first kappa shape index (κ1) is 8.85. The van der Waals surface area contributed by atoms with E-state index in [2.05, 4.69) is 20.4 Å². The Morgan fingerprint density at radius 3 is 2.31 bits per heavy atom. The molecular formula is C5H5N5S3. The van der Waals surface area contributed by atoms with Gasteiger partial charge in [-0.05, 0) is 6.26 Å². The Bertz CT molecular complexity index is 408. The van der Waals surface area contributed by atoms with Crippen molar-refractivity contribution in [1.82, 2.24) is 20.4 Å². The maximum Gasteiger partial charge on any atom is 0.203 e. The predicted octanol–water partition coefficient (Wildman–Crippen LogP) is 1.36. The third kappa shape index (κ3) is 1.79. The number of nitrogens with zero attached hydrogens (tertiary/aromatic N) is 4. The second-order valence-corrected chi connectivity index (χ2v) is 5.06. The number of nitrogen functional groups attached to an aromatic ring is 1. The number of hydrogen-bond donors (Lipinski definition) is 1. The fourth-order valence-electron chi connectivity index (χ4n) is 0.700. The molecule has 0 saturated carbocycles. The summed E-state index contributed by atoms with van der Waals surface area (Å²) in [6.45, 7) is 0. The van der Waals surface area contributed by atoms with Crippen molar-refractivity contribution in [3.05, 3.63) is 0 Å². The highest BCUT2D eigenvalue weighted by molar-refractivity contribution is 8.00. The van der Waals surface area contributed by atoms with Gasteiger partial charge in [-0.2, -0.15) is 0 Å². The van der Waals surface area contributed by atoms with Crippen LogP contribution in [0.1, 0.15) is 0 Å². The third-order valence-electron chi connectivity index (χ3n) is 1.20. The summed E-state index contributed by atoms with van der Waals surface area (Å²) in [5, 5.41) is 17.5. The molecule has 2 aromatic heterocycles. The molecule has 2 N–H and O–H groups in total. The summed E-state index contributed by atoms with van der Waals surface area (Å²) in [6.07, 6.45) is 1.96. The molecule has 0 radical (unpaired) electrons. The van der Waals surface area contributed by atoms with Gasteiger partial charge in [0.25, 0.3) is 0 Å². The van der Waals surface area contributed by atoms with Crippen LogP contribution in [0.2, 0.25) is 0 Å². The maximum atomic E-state index is 5.45. The first-order valence-electron chi connectivity index (χ1n) is 3.26. The minimum absolute atomic E-state index is 0.455. The van der Waals surface area contributed by atoms with Gasteiger partial charge in [0.05, 0.1) is 0 Å². The van der Waals surface area contributed by atoms with Crippen molar-refractivity contribution in [2.45, 2.75) is 4.34 Å². The molecule has 0 spiro atoms. The molecule has 0 amide bonds. The van der Waals surface area contributed by atoms with Crippen molar-refractivity contribution in [3.63, 3.8) is 0 Å². The van der Waals surface area contributed by atoms with Crippen LogP contribution in [0.4, 0.5) is 5.13 Å². The Kier molecular flexibility index (Phi) is 2.42. The summed E-state index contributed by atoms with van der Waals surface area (Å²) >= 11 is 4.37. The minimum atomic E-state index is 0.455. The number of aromatic nitrogens is 4. The smallest absolute Gasteiger partial charge is 0.203 e. The largest absolute Gasteiger partial charge is 0.374 e. The van der Waals surface area contributed by atoms with Crippen LogP contribution in [0.15, 0.2) is 4.34 Å². The minimum Gasteiger partial charge on any atom is -0.374 e. The maximum absolute atomic E-state index is 5.45. The van der Waals surface area contributed by atoms with Gasteiger partial charge in [0.2, 0.25) is 5.13 Å². The average Bonchev–Trinajstić information content (AvgIpc) is 2.71. The summed E-state index contributed by atoms with van der Waals surface area (Å²) in [4.78, 5) is 0. The van der Waals surface area contributed by atoms with Gasteiger partial charge in [0.1, 0.15) is 0 Å². The van der Waals surface area contributed by atoms with Crippen LogP contribution in [-0.4, -0.2) is 26.7 Å². The quantitative estimate of drug-likeness (QED) is 0.786. The molecule has 2 rings (SSSR count). The monoisotopic (exact) mass is 231 g/mol. The number of hydrogen-bond acceptors (Lipinski definition) is 8. The van der Waals surface area contributed by atoms with Crippen LogP contribution >= 0.6 is 34.4 Å². The summed E-state index contributed by atoms with van der Waals surface area (Å²) in [7, 11) is 0. The Morgan fingerprint density at radius 1 is 1.08 bits per heavy atom. The fraction of sp³-hybridized carbons (Fsp3) is 0.200. The van der Waals surface area contributed by atoms with Gasteiger partial charge in [-0.1, -0.05) is 34.4 Å². The first-order chi connectivity index (χ1) is 6.29. The van der Waals surface area contributed by atoms with Crippen LogP contribution in [-0.2, 0) is 0 Å². The lowest BCUT2D eigenvalue weighted by Crippen LogP contribution is -1.80. The van der Waals surface area contributed by atoms with E-state index in [9.17, 15) is 0 Å². The Morgan fingerprint density at radius 2 is 1.77 bits per heavy atom. The number of nitrogens with two attached hydrogens (primary N) is 1. The van der Waals surface area contributed by atoms with E-state index in [0.29, 0.717) is 5.13 Å². The Balaban J connectivity index is 2.35. The predicted molar refractivity (Wildman–Crippen MR) is 55.0 cm³/mol. The standard InChI is InChI=1S/C5H5N5S3/c1-11-5-10-8-3(13-5)2-7-9-4(6)12-2/h1H3,(H2,6,9). The lowest BCUT2D eigenvalue weighted by Gasteiger charge is -1.80. The summed E-state index contributed by atoms with van der Waals surface area (Å²) in [5.41, 5.74) is 5.45. The molecule has 5 nitrogen and oxygen atoms in total. The van der Waals surface area contributed by atoms with Crippen molar-refractivity contribution in [1.29, 1.82) is 0 Å². The zero-order chi connectivity index (χ0) is 9.26. The van der Waals surface area contributed by atoms with Crippen molar-refractivity contribution in [2.24, 2.45) is 0 Å². The van der Waals surface area contributed by atoms with Gasteiger partial charge < -0.3 is 5.73 Å². The molecule has 0 atom stereocenters. The van der Waals surface area contributed by atoms with Crippen LogP contribution in [0.25, 0.3) is 10.0 Å². The highest BCUT2D eigenvalue weighted by Crippen LogP contribution is 2.30. The van der Waals surface area contributed by atoms with Gasteiger partial charge in [0, 0.05) is 0 Å². The number of thioether (sulfide) groups is 1. The molecule has 2 aromatic rings. The van der Waals surface area contributed by atoms with Gasteiger partial charge in [0.15, 0.2) is 14.4 Å². The second kappa shape index (κ2) is 3.56. The van der Waals surface area contributed by atoms with E-state index in [-0.39, 0.29) is 0 Å². The van der Waals surface area contributed by atoms with Gasteiger partial charge in [-0.3, -0.25) is 0 Å². The number of anilines is 1. The number of rotatable bonds is 2. The summed E-state index contributed by atoms with van der Waals surface area (Å²) < 4.78 is 0.920. The SMILES string of the molecule is CSc1nnc(-c2nnc(N)s2)s1. The topological polar surface area (TPSA) is 77.6 Å². The zero-order valence-corrected chi connectivity index (χ0v) is 9.04.